The number of ether oxygens (including phenoxy) is 3. The van der Waals surface area contributed by atoms with E-state index in [9.17, 15) is 14.7 Å². The molecule has 0 saturated carbocycles. The smallest absolute Gasteiger partial charge is 0.295 e. The molecule has 1 saturated heterocycles. The minimum atomic E-state index is -0.738. The highest BCUT2D eigenvalue weighted by molar-refractivity contribution is 6.46. The van der Waals surface area contributed by atoms with Crippen LogP contribution < -0.4 is 14.2 Å². The zero-order valence-corrected chi connectivity index (χ0v) is 19.7. The largest absolute Gasteiger partial charge is 0.507 e. The van der Waals surface area contributed by atoms with Crippen LogP contribution in [-0.2, 0) is 9.59 Å². The van der Waals surface area contributed by atoms with Crippen molar-refractivity contribution in [2.45, 2.75) is 19.4 Å². The van der Waals surface area contributed by atoms with Gasteiger partial charge >= 0.3 is 0 Å². The summed E-state index contributed by atoms with van der Waals surface area (Å²) in [6.07, 6.45) is 0.857. The van der Waals surface area contributed by atoms with Crippen molar-refractivity contribution in [2.75, 3.05) is 47.0 Å². The Bertz CT molecular complexity index is 1110. The van der Waals surface area contributed by atoms with Gasteiger partial charge in [-0.1, -0.05) is 19.1 Å². The molecule has 1 amide bonds. The fourth-order valence-electron chi connectivity index (χ4n) is 4.11. The van der Waals surface area contributed by atoms with Gasteiger partial charge in [-0.2, -0.15) is 0 Å². The van der Waals surface area contributed by atoms with Gasteiger partial charge in [0.1, 0.15) is 24.7 Å². The van der Waals surface area contributed by atoms with Gasteiger partial charge in [0, 0.05) is 18.7 Å². The Morgan fingerprint density at radius 1 is 1.12 bits per heavy atom. The van der Waals surface area contributed by atoms with E-state index in [0.717, 1.165) is 6.42 Å². The van der Waals surface area contributed by atoms with Gasteiger partial charge in [-0.3, -0.25) is 9.59 Å². The number of aliphatic hydroxyl groups is 1. The lowest BCUT2D eigenvalue weighted by atomic mass is 9.95. The van der Waals surface area contributed by atoms with Crippen molar-refractivity contribution in [3.63, 3.8) is 0 Å². The van der Waals surface area contributed by atoms with Gasteiger partial charge in [0.25, 0.3) is 11.7 Å². The van der Waals surface area contributed by atoms with E-state index in [1.54, 1.807) is 18.2 Å². The number of rotatable bonds is 8. The molecule has 0 aromatic heterocycles. The van der Waals surface area contributed by atoms with Crippen LogP contribution in [0.5, 0.6) is 17.2 Å². The second kappa shape index (κ2) is 10.2. The van der Waals surface area contributed by atoms with Crippen LogP contribution in [0.3, 0.4) is 0 Å². The number of nitrogens with zero attached hydrogens (tertiary/aromatic N) is 2. The van der Waals surface area contributed by atoms with E-state index in [1.807, 2.05) is 50.2 Å². The molecule has 34 heavy (non-hydrogen) atoms. The molecule has 2 aliphatic rings. The Labute approximate surface area is 199 Å². The van der Waals surface area contributed by atoms with E-state index in [2.05, 4.69) is 0 Å². The van der Waals surface area contributed by atoms with Gasteiger partial charge in [-0.05, 0) is 56.4 Å². The van der Waals surface area contributed by atoms with E-state index in [1.165, 1.54) is 4.90 Å². The first kappa shape index (κ1) is 23.6. The van der Waals surface area contributed by atoms with Crippen LogP contribution in [0.2, 0.25) is 0 Å². The molecule has 0 aliphatic carbocycles. The molecule has 8 nitrogen and oxygen atoms in total. The topological polar surface area (TPSA) is 88.5 Å². The van der Waals surface area contributed by atoms with Crippen LogP contribution in [0, 0.1) is 0 Å². The SMILES string of the molecule is CCCOc1cccc([C@@H]2/C(=C(\O)c3ccc4c(c3)OCCO4)C(=O)C(=O)N2CCN(C)C)c1. The third-order valence-corrected chi connectivity index (χ3v) is 5.79. The fourth-order valence-corrected chi connectivity index (χ4v) is 4.11. The fraction of sp³-hybridized carbons (Fsp3) is 0.385. The average molecular weight is 467 g/mol. The number of amides is 1. The predicted molar refractivity (Wildman–Crippen MR) is 127 cm³/mol. The monoisotopic (exact) mass is 466 g/mol. The highest BCUT2D eigenvalue weighted by atomic mass is 16.6. The normalized spacial score (nSPS) is 19.1. The second-order valence-corrected chi connectivity index (χ2v) is 8.58. The lowest BCUT2D eigenvalue weighted by Crippen LogP contribution is -2.35. The third kappa shape index (κ3) is 4.72. The number of carbonyl (C=O) groups excluding carboxylic acids is 2. The van der Waals surface area contributed by atoms with Crippen molar-refractivity contribution in [2.24, 2.45) is 0 Å². The minimum absolute atomic E-state index is 0.0491. The Morgan fingerprint density at radius 3 is 2.62 bits per heavy atom. The number of carbonyl (C=O) groups is 2. The lowest BCUT2D eigenvalue weighted by molar-refractivity contribution is -0.140. The number of likely N-dealkylation sites (tertiary alicyclic amines) is 1. The van der Waals surface area contributed by atoms with Gasteiger partial charge in [0.05, 0.1) is 18.2 Å². The van der Waals surface area contributed by atoms with Gasteiger partial charge < -0.3 is 29.1 Å². The number of likely N-dealkylation sites (N-methyl/N-ethyl adjacent to an activating group) is 1. The highest BCUT2D eigenvalue weighted by Crippen LogP contribution is 2.41. The minimum Gasteiger partial charge on any atom is -0.507 e. The van der Waals surface area contributed by atoms with Crippen molar-refractivity contribution < 1.29 is 28.9 Å². The summed E-state index contributed by atoms with van der Waals surface area (Å²) in [4.78, 5) is 29.7. The first-order valence-corrected chi connectivity index (χ1v) is 11.5. The van der Waals surface area contributed by atoms with Crippen molar-refractivity contribution in [1.82, 2.24) is 9.80 Å². The first-order chi connectivity index (χ1) is 16.4. The van der Waals surface area contributed by atoms with Crippen LogP contribution in [-0.4, -0.2) is 73.6 Å². The van der Waals surface area contributed by atoms with Crippen LogP contribution in [0.25, 0.3) is 5.76 Å². The summed E-state index contributed by atoms with van der Waals surface area (Å²) in [7, 11) is 3.81. The van der Waals surface area contributed by atoms with Crippen molar-refractivity contribution in [3.05, 3.63) is 59.2 Å². The number of hydrogen-bond donors (Lipinski definition) is 1. The Kier molecular flexibility index (Phi) is 7.07. The lowest BCUT2D eigenvalue weighted by Gasteiger charge is -2.27. The molecule has 0 unspecified atom stereocenters. The number of ketones is 1. The maximum atomic E-state index is 13.2. The van der Waals surface area contributed by atoms with Crippen LogP contribution in [0.1, 0.15) is 30.5 Å². The molecule has 0 radical (unpaired) electrons. The second-order valence-electron chi connectivity index (χ2n) is 8.58. The molecule has 2 aliphatic heterocycles. The quantitative estimate of drug-likeness (QED) is 0.363. The predicted octanol–water partition coefficient (Wildman–Crippen LogP) is 3.23. The van der Waals surface area contributed by atoms with E-state index in [-0.39, 0.29) is 11.3 Å². The molecule has 0 spiro atoms. The molecule has 0 bridgehead atoms. The average Bonchev–Trinajstić information content (AvgIpc) is 3.10. The summed E-state index contributed by atoms with van der Waals surface area (Å²) in [5.74, 6) is 0.126. The summed E-state index contributed by atoms with van der Waals surface area (Å²) >= 11 is 0. The third-order valence-electron chi connectivity index (χ3n) is 5.79. The standard InChI is InChI=1S/C26H30N2O6/c1-4-12-32-19-7-5-6-17(15-19)23-22(25(30)26(31)28(23)11-10-27(2)3)24(29)18-8-9-20-21(16-18)34-14-13-33-20/h5-9,15-16,23,29H,4,10-14H2,1-3H3/b24-22+/t23-/m1/s1. The van der Waals surface area contributed by atoms with Crippen LogP contribution in [0.4, 0.5) is 0 Å². The molecular weight excluding hydrogens is 436 g/mol. The zero-order chi connectivity index (χ0) is 24.2. The molecule has 1 atom stereocenters. The van der Waals surface area contributed by atoms with Gasteiger partial charge in [-0.15, -0.1) is 0 Å². The number of Topliss-reactive ketones (excluding diaryl/α,β-unsaturated/α-hetero) is 1. The number of hydrogen-bond acceptors (Lipinski definition) is 7. The summed E-state index contributed by atoms with van der Waals surface area (Å²) in [5, 5.41) is 11.3. The Morgan fingerprint density at radius 2 is 1.88 bits per heavy atom. The van der Waals surface area contributed by atoms with Gasteiger partial charge in [-0.25, -0.2) is 0 Å². The van der Waals surface area contributed by atoms with E-state index < -0.39 is 17.7 Å². The maximum absolute atomic E-state index is 13.2. The van der Waals surface area contributed by atoms with Gasteiger partial charge in [0.2, 0.25) is 0 Å². The number of aliphatic hydroxyl groups excluding tert-OH is 1. The Hall–Kier alpha value is -3.52. The summed E-state index contributed by atoms with van der Waals surface area (Å²) in [6, 6.07) is 11.6. The molecule has 180 valence electrons. The molecule has 1 N–H and O–H groups in total. The van der Waals surface area contributed by atoms with Crippen LogP contribution >= 0.6 is 0 Å². The van der Waals surface area contributed by atoms with Crippen molar-refractivity contribution in [1.29, 1.82) is 0 Å². The molecule has 2 aromatic rings. The van der Waals surface area contributed by atoms with Crippen molar-refractivity contribution >= 4 is 17.4 Å². The Balaban J connectivity index is 1.80. The molecule has 2 aromatic carbocycles. The summed E-state index contributed by atoms with van der Waals surface area (Å²) < 4.78 is 17.0. The molecular formula is C26H30N2O6. The van der Waals surface area contributed by atoms with Crippen LogP contribution in [0.15, 0.2) is 48.0 Å². The van der Waals surface area contributed by atoms with Gasteiger partial charge in [0.15, 0.2) is 11.5 Å². The molecule has 4 rings (SSSR count). The van der Waals surface area contributed by atoms with E-state index in [0.29, 0.717) is 61.3 Å². The highest BCUT2D eigenvalue weighted by Gasteiger charge is 2.46. The summed E-state index contributed by atoms with van der Waals surface area (Å²) in [6.45, 7) is 4.33. The number of benzene rings is 2. The summed E-state index contributed by atoms with van der Waals surface area (Å²) in [5.41, 5.74) is 1.14. The first-order valence-electron chi connectivity index (χ1n) is 11.5. The maximum Gasteiger partial charge on any atom is 0.295 e. The number of fused-ring (bicyclic) bond motifs is 1. The molecule has 8 heteroatoms. The van der Waals surface area contributed by atoms with E-state index in [4.69, 9.17) is 14.2 Å². The zero-order valence-electron chi connectivity index (χ0n) is 19.7. The molecule has 1 fully saturated rings. The van der Waals surface area contributed by atoms with E-state index >= 15 is 0 Å². The van der Waals surface area contributed by atoms with Crippen molar-refractivity contribution in [3.8, 4) is 17.2 Å². The molecule has 2 heterocycles.